The maximum Gasteiger partial charge on any atom is 0.131 e. The lowest BCUT2D eigenvalue weighted by Gasteiger charge is -2.04. The van der Waals surface area contributed by atoms with Gasteiger partial charge in [0.1, 0.15) is 5.82 Å². The van der Waals surface area contributed by atoms with Crippen LogP contribution in [0.5, 0.6) is 0 Å². The second-order valence-electron chi connectivity index (χ2n) is 2.35. The van der Waals surface area contributed by atoms with Gasteiger partial charge in [-0.25, -0.2) is 4.98 Å². The Bertz CT molecular complexity index is 359. The molecule has 0 radical (unpaired) electrons. The highest BCUT2D eigenvalue weighted by atomic mass is 79.9. The zero-order valence-corrected chi connectivity index (χ0v) is 8.38. The first-order valence-corrected chi connectivity index (χ1v) is 4.32. The fourth-order valence-electron chi connectivity index (χ4n) is 0.897. The second kappa shape index (κ2) is 4.04. The topological polar surface area (TPSA) is 88.8 Å². The average molecular weight is 241 g/mol. The molecule has 4 nitrogen and oxygen atoms in total. The normalized spacial score (nSPS) is 11.3. The number of halogens is 1. The molecule has 5 heteroatoms. The van der Waals surface area contributed by atoms with Crippen LogP contribution in [-0.4, -0.2) is 11.2 Å². The fourth-order valence-corrected chi connectivity index (χ4v) is 1.23. The van der Waals surface area contributed by atoms with Gasteiger partial charge in [0.05, 0.1) is 0 Å². The van der Waals surface area contributed by atoms with E-state index in [0.29, 0.717) is 17.0 Å². The van der Waals surface area contributed by atoms with Crippen LogP contribution in [0.3, 0.4) is 0 Å². The SMILES string of the molecule is N=CC(=CN)c1cc(Br)cnc1N. The summed E-state index contributed by atoms with van der Waals surface area (Å²) in [5, 5.41) is 7.09. The van der Waals surface area contributed by atoms with Gasteiger partial charge in [-0.3, -0.25) is 0 Å². The second-order valence-corrected chi connectivity index (χ2v) is 3.27. The molecule has 68 valence electrons. The lowest BCUT2D eigenvalue weighted by Crippen LogP contribution is -1.99. The van der Waals surface area contributed by atoms with Crippen molar-refractivity contribution in [2.45, 2.75) is 0 Å². The van der Waals surface area contributed by atoms with Crippen LogP contribution in [0.25, 0.3) is 5.57 Å². The number of nitrogens with two attached hydrogens (primary N) is 2. The molecule has 1 aromatic rings. The Morgan fingerprint density at radius 2 is 2.31 bits per heavy atom. The molecule has 0 saturated carbocycles. The third-order valence-electron chi connectivity index (χ3n) is 1.53. The summed E-state index contributed by atoms with van der Waals surface area (Å²) < 4.78 is 0.804. The molecule has 0 amide bonds. The molecule has 0 atom stereocenters. The van der Waals surface area contributed by atoms with Gasteiger partial charge in [0.15, 0.2) is 0 Å². The molecule has 0 bridgehead atoms. The molecule has 5 N–H and O–H groups in total. The first-order valence-electron chi connectivity index (χ1n) is 3.52. The summed E-state index contributed by atoms with van der Waals surface area (Å²) in [6.07, 6.45) is 4.06. The molecule has 0 aliphatic heterocycles. The van der Waals surface area contributed by atoms with E-state index in [1.165, 1.54) is 6.20 Å². The maximum atomic E-state index is 7.09. The highest BCUT2D eigenvalue weighted by Crippen LogP contribution is 2.21. The van der Waals surface area contributed by atoms with Gasteiger partial charge in [0.2, 0.25) is 0 Å². The van der Waals surface area contributed by atoms with Crippen molar-refractivity contribution in [2.24, 2.45) is 5.73 Å². The average Bonchev–Trinajstić information content (AvgIpc) is 2.13. The van der Waals surface area contributed by atoms with Crippen LogP contribution in [0.15, 0.2) is 22.9 Å². The number of nitrogens with zero attached hydrogens (tertiary/aromatic N) is 1. The third-order valence-corrected chi connectivity index (χ3v) is 1.96. The number of aromatic nitrogens is 1. The van der Waals surface area contributed by atoms with Crippen molar-refractivity contribution < 1.29 is 0 Å². The van der Waals surface area contributed by atoms with Gasteiger partial charge in [-0.15, -0.1) is 0 Å². The summed E-state index contributed by atoms with van der Waals surface area (Å²) in [6, 6.07) is 1.77. The van der Waals surface area contributed by atoms with Crippen molar-refractivity contribution in [3.05, 3.63) is 28.5 Å². The highest BCUT2D eigenvalue weighted by Gasteiger charge is 2.04. The lowest BCUT2D eigenvalue weighted by atomic mass is 10.1. The van der Waals surface area contributed by atoms with Gasteiger partial charge in [-0.2, -0.15) is 0 Å². The van der Waals surface area contributed by atoms with Gasteiger partial charge < -0.3 is 16.9 Å². The van der Waals surface area contributed by atoms with Crippen LogP contribution in [0.2, 0.25) is 0 Å². The number of nitrogens with one attached hydrogen (secondary N) is 1. The predicted molar refractivity (Wildman–Crippen MR) is 57.3 cm³/mol. The van der Waals surface area contributed by atoms with Gasteiger partial charge in [-0.05, 0) is 22.0 Å². The summed E-state index contributed by atoms with van der Waals surface area (Å²) in [4.78, 5) is 3.93. The molecule has 1 rings (SSSR count). The zero-order valence-electron chi connectivity index (χ0n) is 6.79. The minimum absolute atomic E-state index is 0.364. The Balaban J connectivity index is 3.27. The molecule has 0 aliphatic rings. The zero-order chi connectivity index (χ0) is 9.84. The number of anilines is 1. The molecular formula is C8H9BrN4. The Kier molecular flexibility index (Phi) is 3.02. The Hall–Kier alpha value is -1.36. The molecular weight excluding hydrogens is 232 g/mol. The number of nitrogen functional groups attached to an aromatic ring is 1. The summed E-state index contributed by atoms with van der Waals surface area (Å²) >= 11 is 3.26. The van der Waals surface area contributed by atoms with Crippen LogP contribution >= 0.6 is 15.9 Å². The minimum atomic E-state index is 0.364. The monoisotopic (exact) mass is 240 g/mol. The Morgan fingerprint density at radius 3 is 2.85 bits per heavy atom. The van der Waals surface area contributed by atoms with Crippen LogP contribution in [0.4, 0.5) is 5.82 Å². The molecule has 0 fully saturated rings. The van der Waals surface area contributed by atoms with E-state index in [9.17, 15) is 0 Å². The van der Waals surface area contributed by atoms with Crippen molar-refractivity contribution in [3.8, 4) is 0 Å². The molecule has 0 unspecified atom stereocenters. The van der Waals surface area contributed by atoms with E-state index >= 15 is 0 Å². The van der Waals surface area contributed by atoms with E-state index in [2.05, 4.69) is 20.9 Å². The number of pyridine rings is 1. The van der Waals surface area contributed by atoms with Crippen molar-refractivity contribution in [2.75, 3.05) is 5.73 Å². The number of hydrogen-bond acceptors (Lipinski definition) is 4. The molecule has 1 heterocycles. The number of rotatable bonds is 2. The summed E-state index contributed by atoms with van der Waals surface area (Å²) in [6.45, 7) is 0. The van der Waals surface area contributed by atoms with Crippen molar-refractivity contribution in [1.82, 2.24) is 4.98 Å². The predicted octanol–water partition coefficient (Wildman–Crippen LogP) is 1.38. The molecule has 1 aromatic heterocycles. The maximum absolute atomic E-state index is 7.09. The molecule has 13 heavy (non-hydrogen) atoms. The van der Waals surface area contributed by atoms with E-state index in [-0.39, 0.29) is 0 Å². The smallest absolute Gasteiger partial charge is 0.131 e. The molecule has 0 aromatic carbocycles. The van der Waals surface area contributed by atoms with Crippen molar-refractivity contribution >= 4 is 33.5 Å². The van der Waals surface area contributed by atoms with Crippen LogP contribution in [-0.2, 0) is 0 Å². The van der Waals surface area contributed by atoms with Crippen molar-refractivity contribution in [3.63, 3.8) is 0 Å². The van der Waals surface area contributed by atoms with Gasteiger partial charge in [0.25, 0.3) is 0 Å². The van der Waals surface area contributed by atoms with Gasteiger partial charge in [-0.1, -0.05) is 0 Å². The van der Waals surface area contributed by atoms with Crippen LogP contribution < -0.4 is 11.5 Å². The van der Waals surface area contributed by atoms with Crippen molar-refractivity contribution in [1.29, 1.82) is 5.41 Å². The standard InChI is InChI=1S/C8H9BrN4/c9-6-1-7(5(2-10)3-11)8(12)13-4-6/h1-4,10H,11H2,(H2,12,13). The number of allylic oxidation sites excluding steroid dienone is 1. The number of hydrogen-bond donors (Lipinski definition) is 3. The molecule has 0 saturated heterocycles. The van der Waals surface area contributed by atoms with E-state index < -0.39 is 0 Å². The fraction of sp³-hybridized carbons (Fsp3) is 0. The third kappa shape index (κ3) is 2.06. The highest BCUT2D eigenvalue weighted by molar-refractivity contribution is 9.10. The van der Waals surface area contributed by atoms with E-state index in [0.717, 1.165) is 10.7 Å². The van der Waals surface area contributed by atoms with E-state index in [1.807, 2.05) is 0 Å². The first-order chi connectivity index (χ1) is 6.19. The minimum Gasteiger partial charge on any atom is -0.404 e. The van der Waals surface area contributed by atoms with Crippen LogP contribution in [0, 0.1) is 5.41 Å². The Labute approximate surface area is 84.3 Å². The molecule has 0 aliphatic carbocycles. The summed E-state index contributed by atoms with van der Waals surface area (Å²) in [7, 11) is 0. The summed E-state index contributed by atoms with van der Waals surface area (Å²) in [5.74, 6) is 0.364. The van der Waals surface area contributed by atoms with Gasteiger partial charge in [0, 0.05) is 34.2 Å². The Morgan fingerprint density at radius 1 is 1.62 bits per heavy atom. The first kappa shape index (κ1) is 9.73. The van der Waals surface area contributed by atoms with E-state index in [1.54, 1.807) is 12.3 Å². The van der Waals surface area contributed by atoms with Gasteiger partial charge >= 0.3 is 0 Å². The van der Waals surface area contributed by atoms with Crippen LogP contribution in [0.1, 0.15) is 5.56 Å². The van der Waals surface area contributed by atoms with E-state index in [4.69, 9.17) is 16.9 Å². The summed E-state index contributed by atoms with van der Waals surface area (Å²) in [5.41, 5.74) is 12.1. The largest absolute Gasteiger partial charge is 0.404 e. The lowest BCUT2D eigenvalue weighted by molar-refractivity contribution is 1.30. The quantitative estimate of drug-likeness (QED) is 0.683. The molecule has 0 spiro atoms.